The Morgan fingerprint density at radius 1 is 1.13 bits per heavy atom. The lowest BCUT2D eigenvalue weighted by atomic mass is 10.2. The highest BCUT2D eigenvalue weighted by molar-refractivity contribution is 7.80. The van der Waals surface area contributed by atoms with Crippen LogP contribution in [0.4, 0.5) is 14.5 Å². The molecule has 0 spiro atoms. The van der Waals surface area contributed by atoms with Gasteiger partial charge < -0.3 is 9.88 Å². The molecular formula is C17H13F2N3S. The maximum absolute atomic E-state index is 13.3. The summed E-state index contributed by atoms with van der Waals surface area (Å²) in [5.74, 6) is -1.20. The fraction of sp³-hybridized carbons (Fsp3) is 0.118. The number of anilines is 1. The molecule has 0 amide bonds. The Morgan fingerprint density at radius 3 is 2.57 bits per heavy atom. The number of aromatic nitrogens is 1. The van der Waals surface area contributed by atoms with E-state index in [4.69, 9.17) is 5.26 Å². The molecule has 0 atom stereocenters. The van der Waals surface area contributed by atoms with Crippen molar-refractivity contribution in [1.29, 1.82) is 5.26 Å². The third kappa shape index (κ3) is 3.30. The lowest BCUT2D eigenvalue weighted by Gasteiger charge is -2.08. The summed E-state index contributed by atoms with van der Waals surface area (Å²) in [5, 5.41) is 12.6. The van der Waals surface area contributed by atoms with Gasteiger partial charge in [0.1, 0.15) is 18.2 Å². The Hall–Kier alpha value is -2.52. The first-order valence-electron chi connectivity index (χ1n) is 6.94. The van der Waals surface area contributed by atoms with Crippen LogP contribution in [0, 0.1) is 23.0 Å². The van der Waals surface area contributed by atoms with E-state index in [2.05, 4.69) is 17.9 Å². The minimum Gasteiger partial charge on any atom is -0.372 e. The largest absolute Gasteiger partial charge is 0.372 e. The van der Waals surface area contributed by atoms with Crippen molar-refractivity contribution in [2.75, 3.05) is 11.9 Å². The van der Waals surface area contributed by atoms with Crippen molar-refractivity contribution in [2.45, 2.75) is 11.4 Å². The van der Waals surface area contributed by atoms with Crippen LogP contribution in [0.1, 0.15) is 5.56 Å². The van der Waals surface area contributed by atoms with Crippen LogP contribution >= 0.6 is 12.6 Å². The Labute approximate surface area is 137 Å². The van der Waals surface area contributed by atoms with Crippen LogP contribution in [0.5, 0.6) is 0 Å². The maximum atomic E-state index is 13.3. The van der Waals surface area contributed by atoms with Gasteiger partial charge in [-0.3, -0.25) is 0 Å². The van der Waals surface area contributed by atoms with Crippen molar-refractivity contribution in [1.82, 2.24) is 4.57 Å². The summed E-state index contributed by atoms with van der Waals surface area (Å²) in [7, 11) is 0. The number of benzene rings is 2. The molecule has 0 unspecified atom stereocenters. The first kappa shape index (κ1) is 15.4. The van der Waals surface area contributed by atoms with Crippen LogP contribution in [0.25, 0.3) is 10.9 Å². The second-order valence-electron chi connectivity index (χ2n) is 5.16. The second kappa shape index (κ2) is 6.31. The first-order chi connectivity index (χ1) is 11.1. The van der Waals surface area contributed by atoms with Gasteiger partial charge in [-0.25, -0.2) is 8.78 Å². The van der Waals surface area contributed by atoms with Crippen molar-refractivity contribution in [3.8, 4) is 6.07 Å². The fourth-order valence-electron chi connectivity index (χ4n) is 2.55. The van der Waals surface area contributed by atoms with Crippen molar-refractivity contribution in [3.63, 3.8) is 0 Å². The molecule has 0 radical (unpaired) electrons. The van der Waals surface area contributed by atoms with Gasteiger partial charge in [0.25, 0.3) is 0 Å². The van der Waals surface area contributed by atoms with E-state index in [9.17, 15) is 8.78 Å². The van der Waals surface area contributed by atoms with Crippen molar-refractivity contribution < 1.29 is 8.78 Å². The molecule has 23 heavy (non-hydrogen) atoms. The van der Waals surface area contributed by atoms with E-state index in [1.165, 1.54) is 12.1 Å². The Balaban J connectivity index is 2.01. The molecule has 6 heteroatoms. The standard InChI is InChI=1S/C17H13F2N3S/c18-12-5-11(6-13(19)7-12)9-22-10-17(23)15-2-1-14(8-16(15)22)21-4-3-20/h1-2,5-8,10,21,23H,4,9H2. The average molecular weight is 329 g/mol. The van der Waals surface area contributed by atoms with Crippen LogP contribution in [0.15, 0.2) is 47.5 Å². The molecule has 0 saturated heterocycles. The zero-order valence-electron chi connectivity index (χ0n) is 12.1. The summed E-state index contributed by atoms with van der Waals surface area (Å²) in [6.07, 6.45) is 1.82. The number of thiol groups is 1. The number of halogens is 2. The Kier molecular flexibility index (Phi) is 4.22. The van der Waals surface area contributed by atoms with E-state index in [0.29, 0.717) is 12.1 Å². The van der Waals surface area contributed by atoms with E-state index in [0.717, 1.165) is 27.6 Å². The molecule has 0 aliphatic carbocycles. The number of nitrogens with zero attached hydrogens (tertiary/aromatic N) is 2. The normalized spacial score (nSPS) is 10.7. The highest BCUT2D eigenvalue weighted by Gasteiger charge is 2.09. The lowest BCUT2D eigenvalue weighted by molar-refractivity contribution is 0.578. The number of nitrogens with one attached hydrogen (secondary N) is 1. The van der Waals surface area contributed by atoms with Gasteiger partial charge >= 0.3 is 0 Å². The lowest BCUT2D eigenvalue weighted by Crippen LogP contribution is -2.01. The van der Waals surface area contributed by atoms with Gasteiger partial charge in [0, 0.05) is 34.8 Å². The summed E-state index contributed by atoms with van der Waals surface area (Å²) < 4.78 is 28.6. The van der Waals surface area contributed by atoms with Crippen LogP contribution in [0.3, 0.4) is 0 Å². The molecule has 3 rings (SSSR count). The predicted molar refractivity (Wildman–Crippen MR) is 88.8 cm³/mol. The smallest absolute Gasteiger partial charge is 0.126 e. The number of nitriles is 1. The molecule has 1 heterocycles. The number of hydrogen-bond acceptors (Lipinski definition) is 3. The number of hydrogen-bond donors (Lipinski definition) is 2. The molecular weight excluding hydrogens is 316 g/mol. The molecule has 2 aromatic carbocycles. The third-order valence-corrected chi connectivity index (χ3v) is 3.86. The summed E-state index contributed by atoms with van der Waals surface area (Å²) in [4.78, 5) is 0.781. The maximum Gasteiger partial charge on any atom is 0.126 e. The molecule has 0 bridgehead atoms. The van der Waals surface area contributed by atoms with Gasteiger partial charge in [-0.05, 0) is 35.9 Å². The molecule has 0 aliphatic rings. The Morgan fingerprint density at radius 2 is 1.87 bits per heavy atom. The third-order valence-electron chi connectivity index (χ3n) is 3.51. The molecule has 3 nitrogen and oxygen atoms in total. The van der Waals surface area contributed by atoms with Gasteiger partial charge in [-0.2, -0.15) is 5.26 Å². The summed E-state index contributed by atoms with van der Waals surface area (Å²) in [5.41, 5.74) is 2.21. The van der Waals surface area contributed by atoms with E-state index < -0.39 is 11.6 Å². The second-order valence-corrected chi connectivity index (χ2v) is 5.65. The van der Waals surface area contributed by atoms with Gasteiger partial charge in [0.15, 0.2) is 0 Å². The van der Waals surface area contributed by atoms with E-state index >= 15 is 0 Å². The van der Waals surface area contributed by atoms with E-state index in [-0.39, 0.29) is 6.54 Å². The molecule has 3 aromatic rings. The molecule has 1 aromatic heterocycles. The summed E-state index contributed by atoms with van der Waals surface area (Å²) in [6.45, 7) is 0.530. The van der Waals surface area contributed by atoms with Crippen molar-refractivity contribution in [3.05, 3.63) is 59.8 Å². The number of fused-ring (bicyclic) bond motifs is 1. The monoisotopic (exact) mass is 329 g/mol. The highest BCUT2D eigenvalue weighted by Crippen LogP contribution is 2.28. The van der Waals surface area contributed by atoms with Crippen LogP contribution in [0.2, 0.25) is 0 Å². The SMILES string of the molecule is N#CCNc1ccc2c(S)cn(Cc3cc(F)cc(F)c3)c2c1. The van der Waals surface area contributed by atoms with Crippen molar-refractivity contribution in [2.24, 2.45) is 0 Å². The van der Waals surface area contributed by atoms with Crippen LogP contribution < -0.4 is 5.32 Å². The van der Waals surface area contributed by atoms with Gasteiger partial charge in [-0.15, -0.1) is 12.6 Å². The van der Waals surface area contributed by atoms with Crippen molar-refractivity contribution >= 4 is 29.2 Å². The Bertz CT molecular complexity index is 892. The minimum absolute atomic E-state index is 0.203. The van der Waals surface area contributed by atoms with Crippen LogP contribution in [-0.4, -0.2) is 11.1 Å². The number of rotatable bonds is 4. The first-order valence-corrected chi connectivity index (χ1v) is 7.39. The highest BCUT2D eigenvalue weighted by atomic mass is 32.1. The van der Waals surface area contributed by atoms with Gasteiger partial charge in [-0.1, -0.05) is 0 Å². The van der Waals surface area contributed by atoms with Gasteiger partial charge in [0.05, 0.1) is 11.6 Å². The molecule has 0 saturated carbocycles. The minimum atomic E-state index is -0.598. The quantitative estimate of drug-likeness (QED) is 0.556. The van der Waals surface area contributed by atoms with E-state index in [1.807, 2.05) is 35.0 Å². The van der Waals surface area contributed by atoms with E-state index in [1.54, 1.807) is 0 Å². The van der Waals surface area contributed by atoms with Gasteiger partial charge in [0.2, 0.25) is 0 Å². The summed E-state index contributed by atoms with van der Waals surface area (Å²) >= 11 is 4.44. The topological polar surface area (TPSA) is 40.8 Å². The molecule has 0 fully saturated rings. The van der Waals surface area contributed by atoms with Crippen LogP contribution in [-0.2, 0) is 6.54 Å². The molecule has 116 valence electrons. The molecule has 1 N–H and O–H groups in total. The fourth-order valence-corrected chi connectivity index (χ4v) is 2.88. The summed E-state index contributed by atoms with van der Waals surface area (Å²) in [6, 6.07) is 11.2. The average Bonchev–Trinajstić information content (AvgIpc) is 2.80. The zero-order chi connectivity index (χ0) is 16.4. The predicted octanol–water partition coefficient (Wildman–Crippen LogP) is 4.19. The molecule has 0 aliphatic heterocycles. The zero-order valence-corrected chi connectivity index (χ0v) is 12.9.